The third-order valence-electron chi connectivity index (χ3n) is 2.85. The summed E-state index contributed by atoms with van der Waals surface area (Å²) in [6.45, 7) is 3.97. The fourth-order valence-corrected chi connectivity index (χ4v) is 2.68. The second-order valence-corrected chi connectivity index (χ2v) is 7.54. The van der Waals surface area contributed by atoms with Gasteiger partial charge in [0.1, 0.15) is 12.4 Å². The summed E-state index contributed by atoms with van der Waals surface area (Å²) in [7, 11) is -1.11. The van der Waals surface area contributed by atoms with E-state index in [1.54, 1.807) is 0 Å². The molecule has 0 aliphatic rings. The van der Waals surface area contributed by atoms with Crippen molar-refractivity contribution >= 4 is 21.8 Å². The molecule has 6 nitrogen and oxygen atoms in total. The lowest BCUT2D eigenvalue weighted by Gasteiger charge is -2.27. The standard InChI is InChI=1S/C14H22FN3O3S/c1-11(2)9-16-14(19)10-18(22(20,21)17(3)4)13-7-5-12(15)6-8-13/h5-8,11H,9-10H2,1-4H3,(H,16,19). The van der Waals surface area contributed by atoms with Gasteiger partial charge < -0.3 is 5.32 Å². The maximum atomic E-state index is 13.0. The molecule has 22 heavy (non-hydrogen) atoms. The molecule has 8 heteroatoms. The molecule has 0 unspecified atom stereocenters. The summed E-state index contributed by atoms with van der Waals surface area (Å²) < 4.78 is 39.7. The van der Waals surface area contributed by atoms with E-state index >= 15 is 0 Å². The molecule has 124 valence electrons. The van der Waals surface area contributed by atoms with E-state index in [9.17, 15) is 17.6 Å². The van der Waals surface area contributed by atoms with Crippen molar-refractivity contribution in [1.29, 1.82) is 0 Å². The predicted octanol–water partition coefficient (Wildman–Crippen LogP) is 1.21. The second-order valence-electron chi connectivity index (χ2n) is 5.47. The van der Waals surface area contributed by atoms with Gasteiger partial charge in [0.05, 0.1) is 5.69 Å². The van der Waals surface area contributed by atoms with Crippen molar-refractivity contribution in [3.63, 3.8) is 0 Å². The number of hydrogen-bond donors (Lipinski definition) is 1. The average Bonchev–Trinajstić information content (AvgIpc) is 2.43. The monoisotopic (exact) mass is 331 g/mol. The van der Waals surface area contributed by atoms with Crippen LogP contribution in [0.5, 0.6) is 0 Å². The summed E-state index contributed by atoms with van der Waals surface area (Å²) >= 11 is 0. The molecule has 1 aromatic carbocycles. The van der Waals surface area contributed by atoms with Crippen LogP contribution in [0.1, 0.15) is 13.8 Å². The van der Waals surface area contributed by atoms with Gasteiger partial charge in [-0.2, -0.15) is 12.7 Å². The minimum atomic E-state index is -3.86. The Morgan fingerprint density at radius 3 is 2.23 bits per heavy atom. The Morgan fingerprint density at radius 2 is 1.77 bits per heavy atom. The molecule has 0 aliphatic carbocycles. The first-order valence-electron chi connectivity index (χ1n) is 6.87. The van der Waals surface area contributed by atoms with E-state index in [0.717, 1.165) is 20.7 Å². The SMILES string of the molecule is CC(C)CNC(=O)CN(c1ccc(F)cc1)S(=O)(=O)N(C)C. The lowest BCUT2D eigenvalue weighted by Crippen LogP contribution is -2.46. The molecule has 0 radical (unpaired) electrons. The molecule has 0 fully saturated rings. The van der Waals surface area contributed by atoms with Crippen LogP contribution in [0, 0.1) is 11.7 Å². The van der Waals surface area contributed by atoms with Crippen molar-refractivity contribution < 1.29 is 17.6 Å². The highest BCUT2D eigenvalue weighted by atomic mass is 32.2. The average molecular weight is 331 g/mol. The zero-order valence-electron chi connectivity index (χ0n) is 13.2. The van der Waals surface area contributed by atoms with Crippen molar-refractivity contribution in [1.82, 2.24) is 9.62 Å². The largest absolute Gasteiger partial charge is 0.354 e. The first-order valence-corrected chi connectivity index (χ1v) is 8.26. The molecule has 0 atom stereocenters. The van der Waals surface area contributed by atoms with E-state index in [2.05, 4.69) is 5.32 Å². The molecule has 1 rings (SSSR count). The van der Waals surface area contributed by atoms with E-state index in [-0.39, 0.29) is 18.2 Å². The van der Waals surface area contributed by atoms with Crippen LogP contribution in [0.3, 0.4) is 0 Å². The van der Waals surface area contributed by atoms with E-state index in [0.29, 0.717) is 6.54 Å². The van der Waals surface area contributed by atoms with Gasteiger partial charge in [-0.1, -0.05) is 13.8 Å². The Balaban J connectivity index is 3.03. The number of amides is 1. The zero-order valence-corrected chi connectivity index (χ0v) is 14.0. The minimum Gasteiger partial charge on any atom is -0.354 e. The Morgan fingerprint density at radius 1 is 1.23 bits per heavy atom. The topological polar surface area (TPSA) is 69.7 Å². The highest BCUT2D eigenvalue weighted by Crippen LogP contribution is 2.19. The Kier molecular flexibility index (Phi) is 6.31. The summed E-state index contributed by atoms with van der Waals surface area (Å²) in [5.74, 6) is -0.632. The summed E-state index contributed by atoms with van der Waals surface area (Å²) in [5, 5.41) is 2.67. The number of nitrogens with zero attached hydrogens (tertiary/aromatic N) is 2. The van der Waals surface area contributed by atoms with Gasteiger partial charge in [0.15, 0.2) is 0 Å². The highest BCUT2D eigenvalue weighted by Gasteiger charge is 2.27. The smallest absolute Gasteiger partial charge is 0.304 e. The molecule has 0 saturated heterocycles. The second kappa shape index (κ2) is 7.55. The Bertz CT molecular complexity index is 600. The van der Waals surface area contributed by atoms with E-state index in [1.165, 1.54) is 26.2 Å². The third kappa shape index (κ3) is 4.96. The maximum Gasteiger partial charge on any atom is 0.304 e. The molecule has 0 aromatic heterocycles. The van der Waals surface area contributed by atoms with E-state index in [4.69, 9.17) is 0 Å². The number of rotatable bonds is 7. The molecule has 0 spiro atoms. The van der Waals surface area contributed by atoms with Crippen LogP contribution in [0.25, 0.3) is 0 Å². The summed E-state index contributed by atoms with van der Waals surface area (Å²) in [6, 6.07) is 4.96. The third-order valence-corrected chi connectivity index (χ3v) is 4.67. The Hall–Kier alpha value is -1.67. The Labute approximate surface area is 131 Å². The normalized spacial score (nSPS) is 11.8. The molecule has 0 heterocycles. The summed E-state index contributed by atoms with van der Waals surface area (Å²) in [5.41, 5.74) is 0.231. The van der Waals surface area contributed by atoms with Crippen molar-refractivity contribution in [3.05, 3.63) is 30.1 Å². The number of benzene rings is 1. The van der Waals surface area contributed by atoms with Gasteiger partial charge in [-0.25, -0.2) is 8.70 Å². The quantitative estimate of drug-likeness (QED) is 0.816. The number of nitrogens with one attached hydrogen (secondary N) is 1. The van der Waals surface area contributed by atoms with Crippen LogP contribution >= 0.6 is 0 Å². The predicted molar refractivity (Wildman–Crippen MR) is 84.2 cm³/mol. The molecule has 1 aromatic rings. The van der Waals surface area contributed by atoms with Crippen LogP contribution in [-0.4, -0.2) is 45.8 Å². The number of anilines is 1. The van der Waals surface area contributed by atoms with Crippen molar-refractivity contribution in [2.24, 2.45) is 5.92 Å². The minimum absolute atomic E-state index is 0.231. The van der Waals surface area contributed by atoms with Crippen LogP contribution in [-0.2, 0) is 15.0 Å². The van der Waals surface area contributed by atoms with Gasteiger partial charge in [-0.05, 0) is 30.2 Å². The molecular weight excluding hydrogens is 309 g/mol. The zero-order chi connectivity index (χ0) is 16.9. The molecule has 1 amide bonds. The van der Waals surface area contributed by atoms with Gasteiger partial charge in [0.25, 0.3) is 0 Å². The van der Waals surface area contributed by atoms with Crippen LogP contribution in [0.4, 0.5) is 10.1 Å². The molecule has 1 N–H and O–H groups in total. The highest BCUT2D eigenvalue weighted by molar-refractivity contribution is 7.90. The number of carbonyl (C=O) groups is 1. The van der Waals surface area contributed by atoms with Gasteiger partial charge in [0, 0.05) is 20.6 Å². The van der Waals surface area contributed by atoms with Crippen molar-refractivity contribution in [2.75, 3.05) is 31.5 Å². The van der Waals surface area contributed by atoms with Crippen LogP contribution in [0.2, 0.25) is 0 Å². The summed E-state index contributed by atoms with van der Waals surface area (Å²) in [6.07, 6.45) is 0. The molecule has 0 bridgehead atoms. The number of halogens is 1. The maximum absolute atomic E-state index is 13.0. The number of carbonyl (C=O) groups excluding carboxylic acids is 1. The van der Waals surface area contributed by atoms with Gasteiger partial charge in [-0.3, -0.25) is 4.79 Å². The summed E-state index contributed by atoms with van der Waals surface area (Å²) in [4.78, 5) is 12.0. The van der Waals surface area contributed by atoms with Crippen LogP contribution < -0.4 is 9.62 Å². The molecule has 0 saturated carbocycles. The number of hydrogen-bond acceptors (Lipinski definition) is 3. The van der Waals surface area contributed by atoms with Crippen molar-refractivity contribution in [2.45, 2.75) is 13.8 Å². The first-order chi connectivity index (χ1) is 10.1. The van der Waals surface area contributed by atoms with Gasteiger partial charge in [-0.15, -0.1) is 0 Å². The van der Waals surface area contributed by atoms with Crippen molar-refractivity contribution in [3.8, 4) is 0 Å². The first kappa shape index (κ1) is 18.4. The fraction of sp³-hybridized carbons (Fsp3) is 0.500. The van der Waals surface area contributed by atoms with E-state index < -0.39 is 21.9 Å². The fourth-order valence-electron chi connectivity index (χ4n) is 1.61. The molecular formula is C14H22FN3O3S. The van der Waals surface area contributed by atoms with Gasteiger partial charge >= 0.3 is 10.2 Å². The lowest BCUT2D eigenvalue weighted by atomic mass is 10.2. The van der Waals surface area contributed by atoms with Crippen LogP contribution in [0.15, 0.2) is 24.3 Å². The lowest BCUT2D eigenvalue weighted by molar-refractivity contribution is -0.119. The molecule has 0 aliphatic heterocycles. The van der Waals surface area contributed by atoms with E-state index in [1.807, 2.05) is 13.8 Å². The van der Waals surface area contributed by atoms with Gasteiger partial charge in [0.2, 0.25) is 5.91 Å².